The van der Waals surface area contributed by atoms with E-state index in [0.717, 1.165) is 35.8 Å². The molecule has 4 rings (SSSR count). The first-order valence-corrected chi connectivity index (χ1v) is 7.56. The van der Waals surface area contributed by atoms with E-state index in [9.17, 15) is 0 Å². The third-order valence-corrected chi connectivity index (χ3v) is 3.99. The van der Waals surface area contributed by atoms with Crippen LogP contribution in [0.15, 0.2) is 36.4 Å². The van der Waals surface area contributed by atoms with Crippen molar-refractivity contribution in [3.63, 3.8) is 0 Å². The number of rotatable bonds is 2. The summed E-state index contributed by atoms with van der Waals surface area (Å²) in [7, 11) is 0. The van der Waals surface area contributed by atoms with E-state index in [4.69, 9.17) is 18.9 Å². The molecule has 4 nitrogen and oxygen atoms in total. The molecule has 4 heteroatoms. The average molecular weight is 298 g/mol. The van der Waals surface area contributed by atoms with Crippen LogP contribution in [0.1, 0.15) is 17.5 Å². The van der Waals surface area contributed by atoms with Crippen molar-refractivity contribution in [1.29, 1.82) is 0 Å². The number of hydrogen-bond donors (Lipinski definition) is 0. The lowest BCUT2D eigenvalue weighted by atomic mass is 10.1. The van der Waals surface area contributed by atoms with Gasteiger partial charge in [0.2, 0.25) is 6.79 Å². The van der Waals surface area contributed by atoms with E-state index in [0.29, 0.717) is 13.4 Å². The van der Waals surface area contributed by atoms with Gasteiger partial charge in [-0.3, -0.25) is 0 Å². The van der Waals surface area contributed by atoms with Gasteiger partial charge in [0.05, 0.1) is 6.61 Å². The van der Waals surface area contributed by atoms with Crippen molar-refractivity contribution in [2.75, 3.05) is 13.4 Å². The molecule has 2 aliphatic rings. The summed E-state index contributed by atoms with van der Waals surface area (Å²) >= 11 is 0. The van der Waals surface area contributed by atoms with Crippen LogP contribution in [0.5, 0.6) is 23.0 Å². The second kappa shape index (κ2) is 5.44. The molecule has 0 aliphatic carbocycles. The van der Waals surface area contributed by atoms with Crippen molar-refractivity contribution in [3.05, 3.63) is 47.5 Å². The van der Waals surface area contributed by atoms with Crippen LogP contribution < -0.4 is 18.9 Å². The van der Waals surface area contributed by atoms with E-state index in [2.05, 4.69) is 13.0 Å². The maximum absolute atomic E-state index is 6.16. The summed E-state index contributed by atoms with van der Waals surface area (Å²) in [5.41, 5.74) is 2.36. The number of fused-ring (bicyclic) bond motifs is 2. The van der Waals surface area contributed by atoms with Crippen LogP contribution in [-0.4, -0.2) is 19.5 Å². The van der Waals surface area contributed by atoms with Crippen LogP contribution >= 0.6 is 0 Å². The van der Waals surface area contributed by atoms with Gasteiger partial charge in [-0.2, -0.15) is 0 Å². The van der Waals surface area contributed by atoms with Crippen LogP contribution in [0.4, 0.5) is 0 Å². The van der Waals surface area contributed by atoms with Gasteiger partial charge < -0.3 is 18.9 Å². The first kappa shape index (κ1) is 13.3. The smallest absolute Gasteiger partial charge is 0.231 e. The zero-order chi connectivity index (χ0) is 14.9. The molecule has 2 aromatic rings. The quantitative estimate of drug-likeness (QED) is 0.850. The summed E-state index contributed by atoms with van der Waals surface area (Å²) < 4.78 is 22.7. The van der Waals surface area contributed by atoms with Gasteiger partial charge in [-0.05, 0) is 42.3 Å². The summed E-state index contributed by atoms with van der Waals surface area (Å²) in [6.07, 6.45) is 1.79. The molecule has 0 amide bonds. The standard InChI is InChI=1S/C18H18O4/c1-12-2-4-16-18(8-12)22-14(6-7-19-16)9-13-3-5-15-17(10-13)21-11-20-15/h2-5,8,10,14H,6-7,9,11H2,1H3. The fourth-order valence-electron chi connectivity index (χ4n) is 2.84. The highest BCUT2D eigenvalue weighted by Gasteiger charge is 2.21. The summed E-state index contributed by atoms with van der Waals surface area (Å²) in [5, 5.41) is 0. The monoisotopic (exact) mass is 298 g/mol. The molecule has 0 radical (unpaired) electrons. The minimum absolute atomic E-state index is 0.100. The van der Waals surface area contributed by atoms with Crippen LogP contribution in [0, 0.1) is 6.92 Å². The number of hydrogen-bond acceptors (Lipinski definition) is 4. The van der Waals surface area contributed by atoms with Crippen molar-refractivity contribution in [1.82, 2.24) is 0 Å². The molecule has 2 aliphatic heterocycles. The van der Waals surface area contributed by atoms with Gasteiger partial charge in [0, 0.05) is 12.8 Å². The molecular weight excluding hydrogens is 280 g/mol. The molecule has 2 heterocycles. The normalized spacial score (nSPS) is 18.9. The maximum atomic E-state index is 6.16. The molecule has 0 bridgehead atoms. The Bertz CT molecular complexity index is 695. The van der Waals surface area contributed by atoms with Gasteiger partial charge in [-0.15, -0.1) is 0 Å². The number of benzene rings is 2. The van der Waals surface area contributed by atoms with E-state index in [-0.39, 0.29) is 6.10 Å². The molecular formula is C18H18O4. The zero-order valence-electron chi connectivity index (χ0n) is 12.5. The third-order valence-electron chi connectivity index (χ3n) is 3.99. The Morgan fingerprint density at radius 2 is 1.73 bits per heavy atom. The van der Waals surface area contributed by atoms with Crippen molar-refractivity contribution >= 4 is 0 Å². The Morgan fingerprint density at radius 1 is 0.909 bits per heavy atom. The topological polar surface area (TPSA) is 36.9 Å². The lowest BCUT2D eigenvalue weighted by Gasteiger charge is -2.16. The maximum Gasteiger partial charge on any atom is 0.231 e. The lowest BCUT2D eigenvalue weighted by molar-refractivity contribution is 0.173. The third kappa shape index (κ3) is 2.56. The minimum Gasteiger partial charge on any atom is -0.490 e. The molecule has 0 aromatic heterocycles. The summed E-state index contributed by atoms with van der Waals surface area (Å²) in [6, 6.07) is 12.1. The molecule has 0 N–H and O–H groups in total. The van der Waals surface area contributed by atoms with Crippen LogP contribution in [0.2, 0.25) is 0 Å². The van der Waals surface area contributed by atoms with Crippen molar-refractivity contribution in [2.45, 2.75) is 25.9 Å². The van der Waals surface area contributed by atoms with Crippen LogP contribution in [-0.2, 0) is 6.42 Å². The Kier molecular flexibility index (Phi) is 3.29. The highest BCUT2D eigenvalue weighted by atomic mass is 16.7. The molecule has 0 fully saturated rings. The number of ether oxygens (including phenoxy) is 4. The molecule has 0 saturated heterocycles. The summed E-state index contributed by atoms with van der Waals surface area (Å²) in [5.74, 6) is 3.30. The first-order valence-electron chi connectivity index (χ1n) is 7.56. The Hall–Kier alpha value is -2.36. The van der Waals surface area contributed by atoms with Gasteiger partial charge in [0.1, 0.15) is 6.10 Å². The van der Waals surface area contributed by atoms with Gasteiger partial charge >= 0.3 is 0 Å². The van der Waals surface area contributed by atoms with Gasteiger partial charge in [-0.1, -0.05) is 12.1 Å². The Morgan fingerprint density at radius 3 is 2.68 bits per heavy atom. The second-order valence-electron chi connectivity index (χ2n) is 5.72. The van der Waals surface area contributed by atoms with Gasteiger partial charge in [0.25, 0.3) is 0 Å². The first-order chi connectivity index (χ1) is 10.8. The largest absolute Gasteiger partial charge is 0.490 e. The van der Waals surface area contributed by atoms with E-state index in [1.807, 2.05) is 30.3 Å². The second-order valence-corrected chi connectivity index (χ2v) is 5.72. The molecule has 1 unspecified atom stereocenters. The van der Waals surface area contributed by atoms with E-state index in [1.54, 1.807) is 0 Å². The molecule has 1 atom stereocenters. The van der Waals surface area contributed by atoms with Gasteiger partial charge in [-0.25, -0.2) is 0 Å². The highest BCUT2D eigenvalue weighted by molar-refractivity contribution is 5.45. The predicted molar refractivity (Wildman–Crippen MR) is 82.0 cm³/mol. The predicted octanol–water partition coefficient (Wildman–Crippen LogP) is 3.50. The van der Waals surface area contributed by atoms with E-state index < -0.39 is 0 Å². The van der Waals surface area contributed by atoms with Crippen LogP contribution in [0.25, 0.3) is 0 Å². The molecule has 0 saturated carbocycles. The average Bonchev–Trinajstić information content (AvgIpc) is 2.88. The molecule has 22 heavy (non-hydrogen) atoms. The SMILES string of the molecule is Cc1ccc2c(c1)OC(Cc1ccc3c(c1)OCO3)CCO2. The lowest BCUT2D eigenvalue weighted by Crippen LogP contribution is -2.20. The molecule has 2 aromatic carbocycles. The molecule has 114 valence electrons. The Balaban J connectivity index is 1.53. The van der Waals surface area contributed by atoms with Crippen molar-refractivity contribution in [3.8, 4) is 23.0 Å². The minimum atomic E-state index is 0.100. The summed E-state index contributed by atoms with van der Waals surface area (Å²) in [6.45, 7) is 3.03. The van der Waals surface area contributed by atoms with Crippen molar-refractivity contribution in [2.24, 2.45) is 0 Å². The number of aryl methyl sites for hydroxylation is 1. The molecule has 0 spiro atoms. The van der Waals surface area contributed by atoms with Crippen molar-refractivity contribution < 1.29 is 18.9 Å². The fourth-order valence-corrected chi connectivity index (χ4v) is 2.84. The zero-order valence-corrected chi connectivity index (χ0v) is 12.5. The van der Waals surface area contributed by atoms with Crippen LogP contribution in [0.3, 0.4) is 0 Å². The van der Waals surface area contributed by atoms with E-state index in [1.165, 1.54) is 11.1 Å². The highest BCUT2D eigenvalue weighted by Crippen LogP contribution is 2.35. The Labute approximate surface area is 129 Å². The fraction of sp³-hybridized carbons (Fsp3) is 0.333. The van der Waals surface area contributed by atoms with E-state index >= 15 is 0 Å². The van der Waals surface area contributed by atoms with Gasteiger partial charge in [0.15, 0.2) is 23.0 Å². The summed E-state index contributed by atoms with van der Waals surface area (Å²) in [4.78, 5) is 0.